The number of hydrogen-bond donors (Lipinski definition) is 0. The zero-order chi connectivity index (χ0) is 19.8. The van der Waals surface area contributed by atoms with Gasteiger partial charge in [0, 0.05) is 44.4 Å². The van der Waals surface area contributed by atoms with E-state index in [4.69, 9.17) is 0 Å². The summed E-state index contributed by atoms with van der Waals surface area (Å²) in [5.74, 6) is -1.60. The Labute approximate surface area is 157 Å². The van der Waals surface area contributed by atoms with Crippen molar-refractivity contribution in [1.82, 2.24) is 4.31 Å². The zero-order valence-electron chi connectivity index (χ0n) is 15.1. The third-order valence-electron chi connectivity index (χ3n) is 4.67. The van der Waals surface area contributed by atoms with Crippen molar-refractivity contribution in [1.29, 1.82) is 0 Å². The van der Waals surface area contributed by atoms with Crippen LogP contribution in [0.5, 0.6) is 0 Å². The predicted octanol–water partition coefficient (Wildman–Crippen LogP) is 3.08. The molecule has 0 spiro atoms. The maximum Gasteiger partial charge on any atom is 0.243 e. The van der Waals surface area contributed by atoms with Gasteiger partial charge in [-0.1, -0.05) is 6.07 Å². The normalized spacial score (nSPS) is 14.3. The summed E-state index contributed by atoms with van der Waals surface area (Å²) in [7, 11) is -2.52. The molecule has 5 nitrogen and oxygen atoms in total. The monoisotopic (exact) mass is 394 g/mol. The number of sulfonamides is 1. The van der Waals surface area contributed by atoms with Crippen molar-refractivity contribution in [2.45, 2.75) is 31.2 Å². The molecule has 0 N–H and O–H groups in total. The van der Waals surface area contributed by atoms with Crippen molar-refractivity contribution in [3.05, 3.63) is 59.2 Å². The number of carbonyl (C=O) groups excluding carboxylic acids is 1. The first-order valence-corrected chi connectivity index (χ1v) is 9.95. The van der Waals surface area contributed by atoms with Gasteiger partial charge in [0.05, 0.1) is 4.90 Å². The van der Waals surface area contributed by atoms with Crippen LogP contribution in [0.2, 0.25) is 0 Å². The Hall–Kier alpha value is -2.32. The van der Waals surface area contributed by atoms with Crippen LogP contribution in [0.15, 0.2) is 41.3 Å². The van der Waals surface area contributed by atoms with Crippen LogP contribution in [-0.4, -0.2) is 32.2 Å². The Balaban J connectivity index is 1.89. The molecule has 1 aliphatic rings. The minimum absolute atomic E-state index is 0.0803. The molecule has 8 heteroatoms. The van der Waals surface area contributed by atoms with Crippen LogP contribution in [-0.2, 0) is 27.8 Å². The minimum atomic E-state index is -3.87. The van der Waals surface area contributed by atoms with E-state index in [9.17, 15) is 22.0 Å². The number of hydrogen-bond acceptors (Lipinski definition) is 3. The summed E-state index contributed by atoms with van der Waals surface area (Å²) >= 11 is 0. The summed E-state index contributed by atoms with van der Waals surface area (Å²) in [6.45, 7) is 1.87. The quantitative estimate of drug-likeness (QED) is 0.801. The van der Waals surface area contributed by atoms with E-state index in [0.717, 1.165) is 34.1 Å². The molecule has 2 aromatic carbocycles. The molecule has 1 amide bonds. The average molecular weight is 394 g/mol. The number of aryl methyl sites for hydroxylation is 1. The van der Waals surface area contributed by atoms with Crippen LogP contribution in [0.4, 0.5) is 14.5 Å². The number of nitrogens with zero attached hydrogens (tertiary/aromatic N) is 2. The van der Waals surface area contributed by atoms with Gasteiger partial charge in [0.25, 0.3) is 0 Å². The van der Waals surface area contributed by atoms with Crippen LogP contribution in [0.25, 0.3) is 0 Å². The first-order valence-electron chi connectivity index (χ1n) is 8.51. The molecule has 0 bridgehead atoms. The minimum Gasteiger partial charge on any atom is -0.312 e. The van der Waals surface area contributed by atoms with E-state index >= 15 is 0 Å². The van der Waals surface area contributed by atoms with Crippen molar-refractivity contribution in [2.75, 3.05) is 18.5 Å². The van der Waals surface area contributed by atoms with E-state index < -0.39 is 21.7 Å². The predicted molar refractivity (Wildman–Crippen MR) is 97.8 cm³/mol. The van der Waals surface area contributed by atoms with E-state index in [2.05, 4.69) is 0 Å². The van der Waals surface area contributed by atoms with Crippen LogP contribution >= 0.6 is 0 Å². The van der Waals surface area contributed by atoms with Gasteiger partial charge in [-0.15, -0.1) is 0 Å². The number of fused-ring (bicyclic) bond motifs is 1. The van der Waals surface area contributed by atoms with Crippen LogP contribution in [0.3, 0.4) is 0 Å². The number of anilines is 1. The lowest BCUT2D eigenvalue weighted by Crippen LogP contribution is -2.34. The fraction of sp³-hybridized carbons (Fsp3) is 0.316. The van der Waals surface area contributed by atoms with Crippen LogP contribution in [0.1, 0.15) is 24.5 Å². The number of rotatable bonds is 4. The summed E-state index contributed by atoms with van der Waals surface area (Å²) in [5.41, 5.74) is 1.60. The van der Waals surface area contributed by atoms with Crippen molar-refractivity contribution in [2.24, 2.45) is 0 Å². The lowest BCUT2D eigenvalue weighted by molar-refractivity contribution is -0.116. The van der Waals surface area contributed by atoms with Gasteiger partial charge in [0.1, 0.15) is 11.6 Å². The Morgan fingerprint density at radius 2 is 1.93 bits per heavy atom. The molecule has 1 aliphatic heterocycles. The van der Waals surface area contributed by atoms with E-state index in [-0.39, 0.29) is 22.9 Å². The molecule has 0 fully saturated rings. The van der Waals surface area contributed by atoms with Gasteiger partial charge < -0.3 is 4.90 Å². The topological polar surface area (TPSA) is 57.7 Å². The highest BCUT2D eigenvalue weighted by Gasteiger charge is 2.26. The SMILES string of the molecule is CC(=O)N1CCCc2cc(S(=O)(=O)N(C)Cc3ccc(F)cc3F)ccc21. The molecule has 0 saturated carbocycles. The Kier molecular flexibility index (Phi) is 5.30. The molecule has 3 rings (SSSR count). The van der Waals surface area contributed by atoms with E-state index in [1.54, 1.807) is 17.0 Å². The number of amides is 1. The second kappa shape index (κ2) is 7.36. The largest absolute Gasteiger partial charge is 0.312 e. The second-order valence-corrected chi connectivity index (χ2v) is 8.61. The molecule has 0 unspecified atom stereocenters. The molecule has 27 heavy (non-hydrogen) atoms. The summed E-state index contributed by atoms with van der Waals surface area (Å²) < 4.78 is 53.6. The van der Waals surface area contributed by atoms with E-state index in [0.29, 0.717) is 13.0 Å². The highest BCUT2D eigenvalue weighted by Crippen LogP contribution is 2.30. The lowest BCUT2D eigenvalue weighted by Gasteiger charge is -2.29. The van der Waals surface area contributed by atoms with Gasteiger partial charge in [-0.3, -0.25) is 4.79 Å². The highest BCUT2D eigenvalue weighted by molar-refractivity contribution is 7.89. The first kappa shape index (κ1) is 19.4. The maximum absolute atomic E-state index is 13.8. The standard InChI is InChI=1S/C19H20F2N2O3S/c1-13(24)23-9-3-4-14-10-17(7-8-19(14)23)27(25,26)22(2)12-15-5-6-16(20)11-18(15)21/h5-8,10-11H,3-4,9,12H2,1-2H3. The molecular formula is C19H20F2N2O3S. The van der Waals surface area contributed by atoms with E-state index in [1.165, 1.54) is 26.1 Å². The van der Waals surface area contributed by atoms with Crippen LogP contribution in [0, 0.1) is 11.6 Å². The third kappa shape index (κ3) is 3.86. The van der Waals surface area contributed by atoms with Crippen molar-refractivity contribution in [3.63, 3.8) is 0 Å². The van der Waals surface area contributed by atoms with Gasteiger partial charge in [0.15, 0.2) is 0 Å². The van der Waals surface area contributed by atoms with Crippen LogP contribution < -0.4 is 4.90 Å². The molecule has 0 atom stereocenters. The molecule has 2 aromatic rings. The molecule has 0 aliphatic carbocycles. The number of halogens is 2. The Morgan fingerprint density at radius 3 is 2.59 bits per heavy atom. The molecule has 0 aromatic heterocycles. The highest BCUT2D eigenvalue weighted by atomic mass is 32.2. The van der Waals surface area contributed by atoms with Gasteiger partial charge in [-0.2, -0.15) is 4.31 Å². The molecule has 144 valence electrons. The number of carbonyl (C=O) groups is 1. The molecule has 1 heterocycles. The average Bonchev–Trinajstić information content (AvgIpc) is 2.62. The maximum atomic E-state index is 13.8. The fourth-order valence-corrected chi connectivity index (χ4v) is 4.42. The van der Waals surface area contributed by atoms with Gasteiger partial charge in [-0.05, 0) is 42.7 Å². The van der Waals surface area contributed by atoms with Gasteiger partial charge >= 0.3 is 0 Å². The van der Waals surface area contributed by atoms with Gasteiger partial charge in [0.2, 0.25) is 15.9 Å². The van der Waals surface area contributed by atoms with Crippen molar-refractivity contribution < 1.29 is 22.0 Å². The van der Waals surface area contributed by atoms with E-state index in [1.807, 2.05) is 0 Å². The Bertz CT molecular complexity index is 992. The smallest absolute Gasteiger partial charge is 0.243 e. The second-order valence-electron chi connectivity index (χ2n) is 6.56. The summed E-state index contributed by atoms with van der Waals surface area (Å²) in [4.78, 5) is 13.5. The van der Waals surface area contributed by atoms with Crippen molar-refractivity contribution in [3.8, 4) is 0 Å². The summed E-state index contributed by atoms with van der Waals surface area (Å²) in [6, 6.07) is 7.70. The van der Waals surface area contributed by atoms with Crippen molar-refractivity contribution >= 4 is 21.6 Å². The molecular weight excluding hydrogens is 374 g/mol. The molecule has 0 saturated heterocycles. The van der Waals surface area contributed by atoms with Gasteiger partial charge in [-0.25, -0.2) is 17.2 Å². The Morgan fingerprint density at radius 1 is 1.19 bits per heavy atom. The number of benzene rings is 2. The first-order chi connectivity index (χ1) is 12.7. The third-order valence-corrected chi connectivity index (χ3v) is 6.47. The fourth-order valence-electron chi connectivity index (χ4n) is 3.22. The summed E-state index contributed by atoms with van der Waals surface area (Å²) in [5, 5.41) is 0. The zero-order valence-corrected chi connectivity index (χ0v) is 15.9. The molecule has 0 radical (unpaired) electrons. The lowest BCUT2D eigenvalue weighted by atomic mass is 10.0. The summed E-state index contributed by atoms with van der Waals surface area (Å²) in [6.07, 6.45) is 1.44.